The molecule has 1 amide bonds. The standard InChI is InChI=1S/C14H18N2O3/c1-10-2-4-11(5-3-10)8-13(17)16-7-6-15-9-12(16)14(18)19/h2-5,12,15H,6-9H2,1H3,(H,18,19). The number of carboxylic acid groups (broad SMARTS) is 1. The fourth-order valence-electron chi connectivity index (χ4n) is 2.21. The van der Waals surface area contributed by atoms with E-state index in [0.29, 0.717) is 19.6 Å². The lowest BCUT2D eigenvalue weighted by Gasteiger charge is -2.33. The van der Waals surface area contributed by atoms with Gasteiger partial charge in [0.2, 0.25) is 5.91 Å². The van der Waals surface area contributed by atoms with E-state index in [4.69, 9.17) is 5.11 Å². The molecule has 1 fully saturated rings. The van der Waals surface area contributed by atoms with Gasteiger partial charge < -0.3 is 15.3 Å². The molecule has 1 unspecified atom stereocenters. The minimum atomic E-state index is -0.954. The number of hydrogen-bond donors (Lipinski definition) is 2. The molecule has 0 radical (unpaired) electrons. The Balaban J connectivity index is 2.05. The lowest BCUT2D eigenvalue weighted by Crippen LogP contribution is -2.57. The first-order valence-electron chi connectivity index (χ1n) is 6.36. The molecule has 0 bridgehead atoms. The number of hydrogen-bond acceptors (Lipinski definition) is 3. The summed E-state index contributed by atoms with van der Waals surface area (Å²) in [5, 5.41) is 12.1. The lowest BCUT2D eigenvalue weighted by atomic mass is 10.1. The van der Waals surface area contributed by atoms with Gasteiger partial charge in [0.25, 0.3) is 0 Å². The molecule has 5 heteroatoms. The van der Waals surface area contributed by atoms with Crippen LogP contribution in [0.25, 0.3) is 0 Å². The normalized spacial score (nSPS) is 19.2. The minimum absolute atomic E-state index is 0.127. The van der Waals surface area contributed by atoms with E-state index >= 15 is 0 Å². The largest absolute Gasteiger partial charge is 0.480 e. The number of nitrogens with one attached hydrogen (secondary N) is 1. The summed E-state index contributed by atoms with van der Waals surface area (Å²) in [4.78, 5) is 24.8. The molecule has 5 nitrogen and oxygen atoms in total. The molecule has 19 heavy (non-hydrogen) atoms. The van der Waals surface area contributed by atoms with Crippen LogP contribution >= 0.6 is 0 Å². The number of piperazine rings is 1. The number of carboxylic acids is 1. The molecule has 1 atom stereocenters. The molecule has 2 N–H and O–H groups in total. The summed E-state index contributed by atoms with van der Waals surface area (Å²) in [7, 11) is 0. The maximum Gasteiger partial charge on any atom is 0.327 e. The minimum Gasteiger partial charge on any atom is -0.480 e. The van der Waals surface area contributed by atoms with Crippen molar-refractivity contribution in [3.8, 4) is 0 Å². The van der Waals surface area contributed by atoms with Gasteiger partial charge >= 0.3 is 5.97 Å². The summed E-state index contributed by atoms with van der Waals surface area (Å²) in [6, 6.07) is 6.97. The van der Waals surface area contributed by atoms with Crippen molar-refractivity contribution in [1.82, 2.24) is 10.2 Å². The number of rotatable bonds is 3. The van der Waals surface area contributed by atoms with E-state index in [2.05, 4.69) is 5.32 Å². The number of carbonyl (C=O) groups excluding carboxylic acids is 1. The van der Waals surface area contributed by atoms with Crippen LogP contribution in [0.5, 0.6) is 0 Å². The van der Waals surface area contributed by atoms with Crippen molar-refractivity contribution < 1.29 is 14.7 Å². The van der Waals surface area contributed by atoms with Crippen molar-refractivity contribution in [3.63, 3.8) is 0 Å². The highest BCUT2D eigenvalue weighted by Crippen LogP contribution is 2.10. The highest BCUT2D eigenvalue weighted by atomic mass is 16.4. The quantitative estimate of drug-likeness (QED) is 0.828. The van der Waals surface area contributed by atoms with E-state index < -0.39 is 12.0 Å². The van der Waals surface area contributed by atoms with Gasteiger partial charge in [-0.25, -0.2) is 4.79 Å². The Labute approximate surface area is 112 Å². The van der Waals surface area contributed by atoms with Crippen molar-refractivity contribution in [2.45, 2.75) is 19.4 Å². The Morgan fingerprint density at radius 1 is 1.37 bits per heavy atom. The van der Waals surface area contributed by atoms with E-state index in [-0.39, 0.29) is 12.3 Å². The van der Waals surface area contributed by atoms with E-state index in [0.717, 1.165) is 11.1 Å². The average Bonchev–Trinajstić information content (AvgIpc) is 2.41. The number of benzene rings is 1. The van der Waals surface area contributed by atoms with Gasteiger partial charge in [-0.15, -0.1) is 0 Å². The van der Waals surface area contributed by atoms with Crippen LogP contribution < -0.4 is 5.32 Å². The van der Waals surface area contributed by atoms with Crippen LogP contribution in [0.15, 0.2) is 24.3 Å². The molecular weight excluding hydrogens is 244 g/mol. The van der Waals surface area contributed by atoms with Crippen LogP contribution in [0.4, 0.5) is 0 Å². The van der Waals surface area contributed by atoms with Gasteiger partial charge in [-0.3, -0.25) is 4.79 Å². The molecule has 0 aliphatic carbocycles. The van der Waals surface area contributed by atoms with Crippen LogP contribution in [0.3, 0.4) is 0 Å². The van der Waals surface area contributed by atoms with Crippen molar-refractivity contribution >= 4 is 11.9 Å². The zero-order valence-electron chi connectivity index (χ0n) is 10.9. The van der Waals surface area contributed by atoms with Crippen LogP contribution in [0, 0.1) is 6.92 Å². The fourth-order valence-corrected chi connectivity index (χ4v) is 2.21. The monoisotopic (exact) mass is 262 g/mol. The first kappa shape index (κ1) is 13.5. The van der Waals surface area contributed by atoms with Crippen LogP contribution in [-0.4, -0.2) is 47.6 Å². The average molecular weight is 262 g/mol. The van der Waals surface area contributed by atoms with Gasteiger partial charge in [-0.2, -0.15) is 0 Å². The molecule has 0 aromatic heterocycles. The molecule has 1 aromatic carbocycles. The number of carbonyl (C=O) groups is 2. The Bertz CT molecular complexity index is 470. The molecule has 1 aliphatic rings. The van der Waals surface area contributed by atoms with Gasteiger partial charge in [0.15, 0.2) is 0 Å². The van der Waals surface area contributed by atoms with Crippen LogP contribution in [0.2, 0.25) is 0 Å². The Morgan fingerprint density at radius 3 is 2.68 bits per heavy atom. The van der Waals surface area contributed by atoms with E-state index in [9.17, 15) is 9.59 Å². The lowest BCUT2D eigenvalue weighted by molar-refractivity contribution is -0.150. The third kappa shape index (κ3) is 3.32. The zero-order chi connectivity index (χ0) is 13.8. The van der Waals surface area contributed by atoms with Crippen molar-refractivity contribution in [2.24, 2.45) is 0 Å². The maximum absolute atomic E-state index is 12.2. The molecule has 1 heterocycles. The van der Waals surface area contributed by atoms with Crippen molar-refractivity contribution in [3.05, 3.63) is 35.4 Å². The Morgan fingerprint density at radius 2 is 2.05 bits per heavy atom. The van der Waals surface area contributed by atoms with Crippen LogP contribution in [0.1, 0.15) is 11.1 Å². The Hall–Kier alpha value is -1.88. The second-order valence-corrected chi connectivity index (χ2v) is 4.81. The molecule has 1 aliphatic heterocycles. The van der Waals surface area contributed by atoms with Gasteiger partial charge in [0.05, 0.1) is 6.42 Å². The van der Waals surface area contributed by atoms with E-state index in [1.165, 1.54) is 4.90 Å². The number of nitrogens with zero attached hydrogens (tertiary/aromatic N) is 1. The predicted molar refractivity (Wildman–Crippen MR) is 70.9 cm³/mol. The SMILES string of the molecule is Cc1ccc(CC(=O)N2CCNCC2C(=O)O)cc1. The number of aliphatic carboxylic acids is 1. The highest BCUT2D eigenvalue weighted by Gasteiger charge is 2.31. The Kier molecular flexibility index (Phi) is 4.16. The van der Waals surface area contributed by atoms with Crippen LogP contribution in [-0.2, 0) is 16.0 Å². The molecule has 0 spiro atoms. The number of amides is 1. The summed E-state index contributed by atoms with van der Waals surface area (Å²) in [6.45, 7) is 3.39. The third-order valence-corrected chi connectivity index (χ3v) is 3.32. The molecule has 0 saturated carbocycles. The smallest absolute Gasteiger partial charge is 0.327 e. The summed E-state index contributed by atoms with van der Waals surface area (Å²) < 4.78 is 0. The topological polar surface area (TPSA) is 69.6 Å². The molecule has 2 rings (SSSR count). The summed E-state index contributed by atoms with van der Waals surface area (Å²) in [5.41, 5.74) is 2.06. The predicted octanol–water partition coefficient (Wildman–Crippen LogP) is 0.423. The third-order valence-electron chi connectivity index (χ3n) is 3.32. The molecule has 102 valence electrons. The van der Waals surface area contributed by atoms with Crippen molar-refractivity contribution in [1.29, 1.82) is 0 Å². The van der Waals surface area contributed by atoms with Gasteiger partial charge in [-0.1, -0.05) is 29.8 Å². The van der Waals surface area contributed by atoms with E-state index in [1.807, 2.05) is 31.2 Å². The first-order chi connectivity index (χ1) is 9.08. The summed E-state index contributed by atoms with van der Waals surface area (Å²) >= 11 is 0. The summed E-state index contributed by atoms with van der Waals surface area (Å²) in [6.07, 6.45) is 0.254. The second kappa shape index (κ2) is 5.84. The fraction of sp³-hybridized carbons (Fsp3) is 0.429. The van der Waals surface area contributed by atoms with Gasteiger partial charge in [0.1, 0.15) is 6.04 Å². The molecule has 1 aromatic rings. The molecule has 1 saturated heterocycles. The maximum atomic E-state index is 12.2. The van der Waals surface area contributed by atoms with E-state index in [1.54, 1.807) is 0 Å². The number of aryl methyl sites for hydroxylation is 1. The van der Waals surface area contributed by atoms with Gasteiger partial charge in [-0.05, 0) is 12.5 Å². The van der Waals surface area contributed by atoms with Crippen molar-refractivity contribution in [2.75, 3.05) is 19.6 Å². The summed E-state index contributed by atoms with van der Waals surface area (Å²) in [5.74, 6) is -1.08. The van der Waals surface area contributed by atoms with Gasteiger partial charge in [0, 0.05) is 19.6 Å². The first-order valence-corrected chi connectivity index (χ1v) is 6.36. The molecular formula is C14H18N2O3. The highest BCUT2D eigenvalue weighted by molar-refractivity contribution is 5.85. The zero-order valence-corrected chi connectivity index (χ0v) is 10.9. The second-order valence-electron chi connectivity index (χ2n) is 4.81.